The average molecular weight is 220 g/mol. The summed E-state index contributed by atoms with van der Waals surface area (Å²) in [6.45, 7) is 4.75. The summed E-state index contributed by atoms with van der Waals surface area (Å²) in [5, 5.41) is 8.97. The van der Waals surface area contributed by atoms with Gasteiger partial charge < -0.3 is 9.64 Å². The summed E-state index contributed by atoms with van der Waals surface area (Å²) in [6, 6.07) is 2.07. The Morgan fingerprint density at radius 1 is 1.56 bits per heavy atom. The van der Waals surface area contributed by atoms with Crippen LogP contribution in [0.4, 0.5) is 0 Å². The van der Waals surface area contributed by atoms with Crippen molar-refractivity contribution in [3.63, 3.8) is 0 Å². The lowest BCUT2D eigenvalue weighted by Crippen LogP contribution is -2.41. The van der Waals surface area contributed by atoms with E-state index < -0.39 is 0 Å². The highest BCUT2D eigenvalue weighted by atomic mass is 16.5. The summed E-state index contributed by atoms with van der Waals surface area (Å²) in [5.74, 6) is 0.847. The lowest BCUT2D eigenvalue weighted by molar-refractivity contribution is -0.139. The number of nitriles is 1. The number of rotatable bonds is 1. The van der Waals surface area contributed by atoms with Gasteiger partial charge in [0, 0.05) is 19.4 Å². The van der Waals surface area contributed by atoms with Gasteiger partial charge in [-0.25, -0.2) is 0 Å². The highest BCUT2D eigenvalue weighted by Gasteiger charge is 2.34. The van der Waals surface area contributed by atoms with E-state index in [1.165, 1.54) is 0 Å². The van der Waals surface area contributed by atoms with Crippen molar-refractivity contribution in [3.8, 4) is 6.07 Å². The zero-order valence-electron chi connectivity index (χ0n) is 9.69. The molecule has 16 heavy (non-hydrogen) atoms. The maximum atomic E-state index is 11.6. The highest BCUT2D eigenvalue weighted by Crippen LogP contribution is 2.31. The van der Waals surface area contributed by atoms with E-state index in [9.17, 15) is 4.79 Å². The SMILES string of the molecule is CC1=C(C#N)O[C@H](N2CCCC2=O)C[C@@H]1C. The Balaban J connectivity index is 2.16. The molecule has 0 spiro atoms. The van der Waals surface area contributed by atoms with Gasteiger partial charge in [-0.1, -0.05) is 6.92 Å². The van der Waals surface area contributed by atoms with Crippen LogP contribution in [0.2, 0.25) is 0 Å². The number of nitrogens with zero attached hydrogens (tertiary/aromatic N) is 2. The van der Waals surface area contributed by atoms with E-state index in [0.29, 0.717) is 18.1 Å². The van der Waals surface area contributed by atoms with Crippen LogP contribution in [0.3, 0.4) is 0 Å². The first-order valence-electron chi connectivity index (χ1n) is 5.70. The fourth-order valence-electron chi connectivity index (χ4n) is 2.26. The summed E-state index contributed by atoms with van der Waals surface area (Å²) in [5.41, 5.74) is 0.991. The van der Waals surface area contributed by atoms with E-state index in [1.807, 2.05) is 6.92 Å². The molecule has 2 heterocycles. The lowest BCUT2D eigenvalue weighted by atomic mass is 9.94. The molecule has 0 aromatic heterocycles. The molecule has 0 unspecified atom stereocenters. The number of hydrogen-bond acceptors (Lipinski definition) is 3. The Hall–Kier alpha value is -1.50. The second kappa shape index (κ2) is 4.17. The summed E-state index contributed by atoms with van der Waals surface area (Å²) in [6.07, 6.45) is 2.07. The molecule has 2 rings (SSSR count). The van der Waals surface area contributed by atoms with Crippen molar-refractivity contribution < 1.29 is 9.53 Å². The van der Waals surface area contributed by atoms with Gasteiger partial charge in [0.15, 0.2) is 12.0 Å². The van der Waals surface area contributed by atoms with Crippen LogP contribution in [0.15, 0.2) is 11.3 Å². The molecule has 0 aromatic rings. The Morgan fingerprint density at radius 2 is 2.31 bits per heavy atom. The molecule has 0 bridgehead atoms. The van der Waals surface area contributed by atoms with Crippen LogP contribution in [-0.4, -0.2) is 23.6 Å². The van der Waals surface area contributed by atoms with Crippen LogP contribution < -0.4 is 0 Å². The molecular weight excluding hydrogens is 204 g/mol. The number of amides is 1. The Bertz CT molecular complexity index is 381. The maximum Gasteiger partial charge on any atom is 0.225 e. The van der Waals surface area contributed by atoms with Crippen molar-refractivity contribution >= 4 is 5.91 Å². The molecule has 4 nitrogen and oxygen atoms in total. The van der Waals surface area contributed by atoms with Gasteiger partial charge in [0.25, 0.3) is 0 Å². The highest BCUT2D eigenvalue weighted by molar-refractivity contribution is 5.78. The number of likely N-dealkylation sites (tertiary alicyclic amines) is 1. The number of ether oxygens (including phenoxy) is 1. The van der Waals surface area contributed by atoms with E-state index in [0.717, 1.165) is 25.0 Å². The topological polar surface area (TPSA) is 53.3 Å². The standard InChI is InChI=1S/C12H16N2O2/c1-8-6-12(14-5-3-4-11(14)15)16-10(7-13)9(8)2/h8,12H,3-6H2,1-2H3/t8-,12-/m0/s1. The third-order valence-corrected chi connectivity index (χ3v) is 3.47. The smallest absolute Gasteiger partial charge is 0.225 e. The van der Waals surface area contributed by atoms with Gasteiger partial charge in [-0.15, -0.1) is 0 Å². The molecule has 0 N–H and O–H groups in total. The van der Waals surface area contributed by atoms with E-state index in [2.05, 4.69) is 13.0 Å². The van der Waals surface area contributed by atoms with Crippen molar-refractivity contribution in [1.82, 2.24) is 4.90 Å². The predicted octanol–water partition coefficient (Wildman–Crippen LogP) is 1.79. The van der Waals surface area contributed by atoms with Crippen LogP contribution in [-0.2, 0) is 9.53 Å². The van der Waals surface area contributed by atoms with Gasteiger partial charge >= 0.3 is 0 Å². The Kier molecular flexibility index (Phi) is 2.86. The second-order valence-corrected chi connectivity index (χ2v) is 4.52. The van der Waals surface area contributed by atoms with Crippen molar-refractivity contribution in [2.45, 2.75) is 39.3 Å². The molecule has 0 aromatic carbocycles. The average Bonchev–Trinajstić information content (AvgIpc) is 2.68. The van der Waals surface area contributed by atoms with Crippen molar-refractivity contribution in [1.29, 1.82) is 5.26 Å². The fourth-order valence-corrected chi connectivity index (χ4v) is 2.26. The minimum atomic E-state index is -0.233. The monoisotopic (exact) mass is 220 g/mol. The van der Waals surface area contributed by atoms with Gasteiger partial charge in [0.1, 0.15) is 6.07 Å². The summed E-state index contributed by atoms with van der Waals surface area (Å²) in [7, 11) is 0. The van der Waals surface area contributed by atoms with Gasteiger partial charge in [-0.05, 0) is 24.8 Å². The molecule has 0 aliphatic carbocycles. The van der Waals surface area contributed by atoms with Crippen molar-refractivity contribution in [2.75, 3.05) is 6.54 Å². The molecule has 2 aliphatic rings. The minimum absolute atomic E-state index is 0.147. The molecular formula is C12H16N2O2. The van der Waals surface area contributed by atoms with Crippen LogP contribution in [0.25, 0.3) is 0 Å². The lowest BCUT2D eigenvalue weighted by Gasteiger charge is -2.34. The van der Waals surface area contributed by atoms with Crippen LogP contribution >= 0.6 is 0 Å². The first-order chi connectivity index (χ1) is 7.63. The third-order valence-electron chi connectivity index (χ3n) is 3.47. The van der Waals surface area contributed by atoms with Crippen molar-refractivity contribution in [3.05, 3.63) is 11.3 Å². The van der Waals surface area contributed by atoms with Crippen LogP contribution in [0, 0.1) is 17.2 Å². The van der Waals surface area contributed by atoms with Crippen molar-refractivity contribution in [2.24, 2.45) is 5.92 Å². The van der Waals surface area contributed by atoms with Crippen LogP contribution in [0.5, 0.6) is 0 Å². The van der Waals surface area contributed by atoms with Gasteiger partial charge in [-0.3, -0.25) is 4.79 Å². The Labute approximate surface area is 95.5 Å². The number of carbonyl (C=O) groups is 1. The van der Waals surface area contributed by atoms with Gasteiger partial charge in [0.2, 0.25) is 5.91 Å². The third kappa shape index (κ3) is 1.78. The zero-order valence-corrected chi connectivity index (χ0v) is 9.69. The zero-order chi connectivity index (χ0) is 11.7. The quantitative estimate of drug-likeness (QED) is 0.677. The van der Waals surface area contributed by atoms with E-state index >= 15 is 0 Å². The molecule has 1 fully saturated rings. The molecule has 2 atom stereocenters. The minimum Gasteiger partial charge on any atom is -0.460 e. The molecule has 4 heteroatoms. The first kappa shape index (κ1) is 11.0. The van der Waals surface area contributed by atoms with Gasteiger partial charge in [0.05, 0.1) is 0 Å². The normalized spacial score (nSPS) is 30.3. The first-order valence-corrected chi connectivity index (χ1v) is 5.70. The fraction of sp³-hybridized carbons (Fsp3) is 0.667. The van der Waals surface area contributed by atoms with Gasteiger partial charge in [-0.2, -0.15) is 5.26 Å². The largest absolute Gasteiger partial charge is 0.460 e. The van der Waals surface area contributed by atoms with E-state index in [4.69, 9.17) is 10.00 Å². The molecule has 1 saturated heterocycles. The molecule has 86 valence electrons. The molecule has 2 aliphatic heterocycles. The number of carbonyl (C=O) groups excluding carboxylic acids is 1. The van der Waals surface area contributed by atoms with Crippen LogP contribution in [0.1, 0.15) is 33.1 Å². The summed E-state index contributed by atoms with van der Waals surface area (Å²) < 4.78 is 5.60. The van der Waals surface area contributed by atoms with E-state index in [1.54, 1.807) is 4.90 Å². The molecule has 0 radical (unpaired) electrons. The number of allylic oxidation sites excluding steroid dienone is 2. The molecule has 1 amide bonds. The summed E-state index contributed by atoms with van der Waals surface area (Å²) >= 11 is 0. The maximum absolute atomic E-state index is 11.6. The predicted molar refractivity (Wildman–Crippen MR) is 57.9 cm³/mol. The number of hydrogen-bond donors (Lipinski definition) is 0. The summed E-state index contributed by atoms with van der Waals surface area (Å²) in [4.78, 5) is 13.4. The second-order valence-electron chi connectivity index (χ2n) is 4.52. The molecule has 0 saturated carbocycles. The Morgan fingerprint density at radius 3 is 2.88 bits per heavy atom. The van der Waals surface area contributed by atoms with E-state index in [-0.39, 0.29) is 12.1 Å².